The van der Waals surface area contributed by atoms with Gasteiger partial charge in [0.2, 0.25) is 5.89 Å². The Morgan fingerprint density at radius 1 is 1.03 bits per heavy atom. The number of benzene rings is 2. The van der Waals surface area contributed by atoms with Crippen molar-refractivity contribution in [3.05, 3.63) is 83.8 Å². The molecule has 2 heterocycles. The van der Waals surface area contributed by atoms with E-state index in [1.54, 1.807) is 7.11 Å². The maximum atomic E-state index is 12.8. The Bertz CT molecular complexity index is 1250. The third-order valence-electron chi connectivity index (χ3n) is 5.61. The highest BCUT2D eigenvalue weighted by Gasteiger charge is 2.20. The highest BCUT2D eigenvalue weighted by molar-refractivity contribution is 7.98. The Morgan fingerprint density at radius 2 is 1.75 bits per heavy atom. The van der Waals surface area contributed by atoms with E-state index >= 15 is 0 Å². The first-order valence-electron chi connectivity index (χ1n) is 12.1. The lowest BCUT2D eigenvalue weighted by atomic mass is 10.1. The molecule has 4 rings (SSSR count). The summed E-state index contributed by atoms with van der Waals surface area (Å²) in [6, 6.07) is 18.0. The number of amides is 1. The SMILES string of the molecule is CCCN(CCC)C(=O)c1coc(CSc2nnc(Cc3ccccc3)n2-c2ccc(OC)cc2)n1. The smallest absolute Gasteiger partial charge is 0.275 e. The summed E-state index contributed by atoms with van der Waals surface area (Å²) < 4.78 is 13.0. The summed E-state index contributed by atoms with van der Waals surface area (Å²) in [4.78, 5) is 19.1. The lowest BCUT2D eigenvalue weighted by Crippen LogP contribution is -2.32. The van der Waals surface area contributed by atoms with Gasteiger partial charge in [0.05, 0.1) is 12.9 Å². The topological polar surface area (TPSA) is 86.3 Å². The van der Waals surface area contributed by atoms with Crippen LogP contribution in [-0.2, 0) is 12.2 Å². The lowest BCUT2D eigenvalue weighted by molar-refractivity contribution is 0.0749. The van der Waals surface area contributed by atoms with E-state index in [0.717, 1.165) is 40.8 Å². The highest BCUT2D eigenvalue weighted by Crippen LogP contribution is 2.27. The van der Waals surface area contributed by atoms with Gasteiger partial charge in [-0.2, -0.15) is 0 Å². The van der Waals surface area contributed by atoms with Crippen molar-refractivity contribution in [2.75, 3.05) is 20.2 Å². The molecule has 0 bridgehead atoms. The molecule has 0 radical (unpaired) electrons. The minimum Gasteiger partial charge on any atom is -0.497 e. The standard InChI is InChI=1S/C27H31N5O3S/c1-4-15-31(16-5-2)26(33)23-18-35-25(28-23)19-36-27-30-29-24(17-20-9-7-6-8-10-20)32(27)21-11-13-22(34-3)14-12-21/h6-14,18H,4-5,15-17,19H2,1-3H3. The molecule has 188 valence electrons. The molecule has 0 atom stereocenters. The molecule has 1 amide bonds. The van der Waals surface area contributed by atoms with Crippen LogP contribution in [0.2, 0.25) is 0 Å². The van der Waals surface area contributed by atoms with Gasteiger partial charge in [-0.25, -0.2) is 4.98 Å². The van der Waals surface area contributed by atoms with E-state index in [-0.39, 0.29) is 5.91 Å². The fourth-order valence-electron chi connectivity index (χ4n) is 3.90. The van der Waals surface area contributed by atoms with Crippen LogP contribution in [0.4, 0.5) is 0 Å². The van der Waals surface area contributed by atoms with Crippen molar-refractivity contribution in [3.8, 4) is 11.4 Å². The molecule has 2 aromatic carbocycles. The van der Waals surface area contributed by atoms with E-state index in [0.29, 0.717) is 36.8 Å². The van der Waals surface area contributed by atoms with Crippen molar-refractivity contribution in [1.29, 1.82) is 0 Å². The van der Waals surface area contributed by atoms with Gasteiger partial charge in [0.25, 0.3) is 5.91 Å². The average molecular weight is 506 g/mol. The second-order valence-electron chi connectivity index (χ2n) is 8.30. The normalized spacial score (nSPS) is 11.0. The van der Waals surface area contributed by atoms with Crippen LogP contribution in [0.5, 0.6) is 5.75 Å². The molecule has 8 nitrogen and oxygen atoms in total. The molecule has 2 aromatic heterocycles. The van der Waals surface area contributed by atoms with Gasteiger partial charge in [-0.15, -0.1) is 10.2 Å². The van der Waals surface area contributed by atoms with E-state index < -0.39 is 0 Å². The molecule has 0 saturated heterocycles. The zero-order chi connectivity index (χ0) is 25.3. The molecule has 0 aliphatic carbocycles. The van der Waals surface area contributed by atoms with Gasteiger partial charge in [0.1, 0.15) is 17.8 Å². The Labute approximate surface area is 215 Å². The summed E-state index contributed by atoms with van der Waals surface area (Å²) in [7, 11) is 1.65. The molecule has 0 N–H and O–H groups in total. The number of thioether (sulfide) groups is 1. The lowest BCUT2D eigenvalue weighted by Gasteiger charge is -2.19. The zero-order valence-electron chi connectivity index (χ0n) is 20.9. The molecule has 0 fully saturated rings. The summed E-state index contributed by atoms with van der Waals surface area (Å²) >= 11 is 1.47. The van der Waals surface area contributed by atoms with E-state index in [9.17, 15) is 4.79 Å². The predicted octanol–water partition coefficient (Wildman–Crippen LogP) is 5.41. The van der Waals surface area contributed by atoms with E-state index in [2.05, 4.69) is 41.2 Å². The van der Waals surface area contributed by atoms with Gasteiger partial charge in [0, 0.05) is 25.2 Å². The fraction of sp³-hybridized carbons (Fsp3) is 0.333. The van der Waals surface area contributed by atoms with Gasteiger partial charge in [-0.1, -0.05) is 55.9 Å². The number of hydrogen-bond donors (Lipinski definition) is 0. The van der Waals surface area contributed by atoms with Crippen LogP contribution in [0.3, 0.4) is 0 Å². The number of oxazole rings is 1. The van der Waals surface area contributed by atoms with Gasteiger partial charge in [-0.05, 0) is 42.7 Å². The molecule has 9 heteroatoms. The van der Waals surface area contributed by atoms with Crippen molar-refractivity contribution < 1.29 is 13.9 Å². The van der Waals surface area contributed by atoms with Crippen molar-refractivity contribution in [1.82, 2.24) is 24.6 Å². The molecule has 4 aromatic rings. The maximum Gasteiger partial charge on any atom is 0.275 e. The Balaban J connectivity index is 1.54. The van der Waals surface area contributed by atoms with E-state index in [1.165, 1.54) is 18.0 Å². The summed E-state index contributed by atoms with van der Waals surface area (Å²) in [5, 5.41) is 9.67. The number of ether oxygens (including phenoxy) is 1. The number of nitrogens with zero attached hydrogens (tertiary/aromatic N) is 5. The predicted molar refractivity (Wildman–Crippen MR) is 140 cm³/mol. The van der Waals surface area contributed by atoms with Gasteiger partial charge >= 0.3 is 0 Å². The fourth-order valence-corrected chi connectivity index (χ4v) is 4.72. The minimum atomic E-state index is -0.0924. The monoisotopic (exact) mass is 505 g/mol. The number of rotatable bonds is 12. The van der Waals surface area contributed by atoms with E-state index in [1.807, 2.05) is 51.9 Å². The molecule has 0 saturated carbocycles. The quantitative estimate of drug-likeness (QED) is 0.238. The van der Waals surface area contributed by atoms with Crippen LogP contribution in [-0.4, -0.2) is 50.8 Å². The molecule has 0 unspecified atom stereocenters. The van der Waals surface area contributed by atoms with Crippen LogP contribution in [0.25, 0.3) is 5.69 Å². The number of hydrogen-bond acceptors (Lipinski definition) is 7. The highest BCUT2D eigenvalue weighted by atomic mass is 32.2. The summed E-state index contributed by atoms with van der Waals surface area (Å²) in [5.74, 6) is 2.42. The summed E-state index contributed by atoms with van der Waals surface area (Å²) in [6.07, 6.45) is 3.89. The third-order valence-corrected chi connectivity index (χ3v) is 6.52. The van der Waals surface area contributed by atoms with Crippen molar-refractivity contribution >= 4 is 17.7 Å². The molecule has 0 spiro atoms. The first-order valence-corrected chi connectivity index (χ1v) is 13.1. The second-order valence-corrected chi connectivity index (χ2v) is 9.24. The molecular formula is C27H31N5O3S. The molecular weight excluding hydrogens is 474 g/mol. The average Bonchev–Trinajstić information content (AvgIpc) is 3.55. The molecule has 0 aliphatic heterocycles. The van der Waals surface area contributed by atoms with Gasteiger partial charge in [-0.3, -0.25) is 9.36 Å². The maximum absolute atomic E-state index is 12.8. The van der Waals surface area contributed by atoms with Crippen LogP contribution < -0.4 is 4.74 Å². The third kappa shape index (κ3) is 6.15. The second kappa shape index (κ2) is 12.4. The van der Waals surface area contributed by atoms with E-state index in [4.69, 9.17) is 9.15 Å². The first kappa shape index (κ1) is 25.5. The van der Waals surface area contributed by atoms with Gasteiger partial charge < -0.3 is 14.1 Å². The zero-order valence-corrected chi connectivity index (χ0v) is 21.7. The molecule has 0 aliphatic rings. The van der Waals surface area contributed by atoms with Gasteiger partial charge in [0.15, 0.2) is 10.9 Å². The van der Waals surface area contributed by atoms with Crippen LogP contribution in [0, 0.1) is 0 Å². The van der Waals surface area contributed by atoms with Crippen molar-refractivity contribution in [2.45, 2.75) is 44.0 Å². The van der Waals surface area contributed by atoms with Crippen LogP contribution in [0.1, 0.15) is 54.5 Å². The number of methoxy groups -OCH3 is 1. The molecule has 36 heavy (non-hydrogen) atoms. The van der Waals surface area contributed by atoms with Crippen molar-refractivity contribution in [3.63, 3.8) is 0 Å². The number of carbonyl (C=O) groups excluding carboxylic acids is 1. The number of aromatic nitrogens is 4. The summed E-state index contributed by atoms with van der Waals surface area (Å²) in [6.45, 7) is 5.54. The Kier molecular flexibility index (Phi) is 8.78. The Hall–Kier alpha value is -3.59. The van der Waals surface area contributed by atoms with Crippen molar-refractivity contribution in [2.24, 2.45) is 0 Å². The van der Waals surface area contributed by atoms with Crippen LogP contribution in [0.15, 0.2) is 70.4 Å². The summed E-state index contributed by atoms with van der Waals surface area (Å²) in [5.41, 5.74) is 2.43. The largest absolute Gasteiger partial charge is 0.497 e. The Morgan fingerprint density at radius 3 is 2.42 bits per heavy atom. The number of carbonyl (C=O) groups is 1. The van der Waals surface area contributed by atoms with Crippen LogP contribution >= 0.6 is 11.8 Å². The first-order chi connectivity index (χ1) is 17.6. The minimum absolute atomic E-state index is 0.0924.